The summed E-state index contributed by atoms with van der Waals surface area (Å²) in [6.07, 6.45) is -4.17. The molecular weight excluding hydrogens is 533 g/mol. The lowest BCUT2D eigenvalue weighted by molar-refractivity contribution is -0.154. The van der Waals surface area contributed by atoms with Crippen molar-refractivity contribution in [3.05, 3.63) is 63.5 Å². The van der Waals surface area contributed by atoms with E-state index >= 15 is 0 Å². The van der Waals surface area contributed by atoms with Crippen molar-refractivity contribution in [2.75, 3.05) is 52.7 Å². The first-order valence-corrected chi connectivity index (χ1v) is 13.0. The van der Waals surface area contributed by atoms with Gasteiger partial charge in [-0.3, -0.25) is 14.6 Å². The van der Waals surface area contributed by atoms with E-state index in [0.717, 1.165) is 26.1 Å². The van der Waals surface area contributed by atoms with Crippen molar-refractivity contribution in [3.63, 3.8) is 0 Å². The molecule has 3 aromatic rings. The van der Waals surface area contributed by atoms with Crippen molar-refractivity contribution in [3.8, 4) is 17.2 Å². The number of halogens is 3. The molecule has 12 heteroatoms. The van der Waals surface area contributed by atoms with Crippen molar-refractivity contribution in [2.45, 2.75) is 26.1 Å². The van der Waals surface area contributed by atoms with Crippen LogP contribution in [0, 0.1) is 0 Å². The van der Waals surface area contributed by atoms with Crippen LogP contribution >= 0.6 is 0 Å². The Labute approximate surface area is 228 Å². The molecule has 0 saturated carbocycles. The molecule has 2 aromatic carbocycles. The molecule has 0 aliphatic carbocycles. The molecule has 0 bridgehead atoms. The molecule has 2 aliphatic heterocycles. The zero-order valence-corrected chi connectivity index (χ0v) is 21.9. The van der Waals surface area contributed by atoms with E-state index in [2.05, 4.69) is 4.90 Å². The van der Waals surface area contributed by atoms with Crippen molar-refractivity contribution in [2.24, 2.45) is 0 Å². The molecule has 0 amide bonds. The smallest absolute Gasteiger partial charge is 0.453 e. The Kier molecular flexibility index (Phi) is 8.29. The van der Waals surface area contributed by atoms with Gasteiger partial charge in [0.1, 0.15) is 23.8 Å². The van der Waals surface area contributed by atoms with Gasteiger partial charge in [0, 0.05) is 26.2 Å². The molecule has 1 aromatic heterocycles. The lowest BCUT2D eigenvalue weighted by Gasteiger charge is -2.31. The number of hydrogen-bond acceptors (Lipinski definition) is 9. The number of esters is 1. The van der Waals surface area contributed by atoms with Crippen molar-refractivity contribution in [1.82, 2.24) is 9.80 Å². The second-order valence-electron chi connectivity index (χ2n) is 9.49. The van der Waals surface area contributed by atoms with Crippen LogP contribution in [-0.2, 0) is 22.2 Å². The molecule has 3 heterocycles. The maximum absolute atomic E-state index is 14.1. The Morgan fingerprint density at radius 1 is 1.02 bits per heavy atom. The van der Waals surface area contributed by atoms with Gasteiger partial charge in [0.05, 0.1) is 36.3 Å². The first-order valence-electron chi connectivity index (χ1n) is 13.0. The van der Waals surface area contributed by atoms with Crippen LogP contribution in [0.25, 0.3) is 11.0 Å². The Morgan fingerprint density at radius 2 is 1.75 bits per heavy atom. The van der Waals surface area contributed by atoms with Crippen LogP contribution in [0.15, 0.2) is 45.6 Å². The Hall–Kier alpha value is -3.61. The molecule has 5 rings (SSSR count). The summed E-state index contributed by atoms with van der Waals surface area (Å²) >= 11 is 0. The number of benzene rings is 2. The zero-order valence-electron chi connectivity index (χ0n) is 21.9. The summed E-state index contributed by atoms with van der Waals surface area (Å²) < 4.78 is 69.3. The largest absolute Gasteiger partial charge is 0.478 e. The maximum atomic E-state index is 14.1. The fourth-order valence-electron chi connectivity index (χ4n) is 4.75. The van der Waals surface area contributed by atoms with Gasteiger partial charge < -0.3 is 23.4 Å². The minimum Gasteiger partial charge on any atom is -0.478 e. The lowest BCUT2D eigenvalue weighted by atomic mass is 10.1. The molecule has 2 aliphatic rings. The van der Waals surface area contributed by atoms with Crippen molar-refractivity contribution >= 4 is 16.9 Å². The van der Waals surface area contributed by atoms with Gasteiger partial charge in [-0.25, -0.2) is 4.79 Å². The number of alkyl halides is 3. The van der Waals surface area contributed by atoms with Gasteiger partial charge in [-0.1, -0.05) is 0 Å². The summed E-state index contributed by atoms with van der Waals surface area (Å²) in [4.78, 5) is 29.5. The van der Waals surface area contributed by atoms with Gasteiger partial charge in [-0.05, 0) is 56.3 Å². The maximum Gasteiger partial charge on any atom is 0.453 e. The second-order valence-corrected chi connectivity index (χ2v) is 9.49. The predicted octanol–water partition coefficient (Wildman–Crippen LogP) is 4.66. The van der Waals surface area contributed by atoms with Crippen LogP contribution in [0.4, 0.5) is 13.2 Å². The van der Waals surface area contributed by atoms with Crippen LogP contribution in [0.2, 0.25) is 0 Å². The third-order valence-electron chi connectivity index (χ3n) is 6.76. The fourth-order valence-corrected chi connectivity index (χ4v) is 4.75. The minimum atomic E-state index is -5.01. The standard InChI is InChI=1S/C28H29F3N2O7/c1-2-37-27(35)18-4-6-19(7-5-18)39-25-23(34)20-8-9-22-21(24(20)40-26(25)28(29,30)31)16-33(17-38-22)11-3-10-32-12-14-36-15-13-32/h4-9H,2-3,10-17H2,1H3. The minimum absolute atomic E-state index is 0.0522. The van der Waals surface area contributed by atoms with Crippen LogP contribution in [0.5, 0.6) is 17.2 Å². The van der Waals surface area contributed by atoms with E-state index in [1.807, 2.05) is 4.90 Å². The summed E-state index contributed by atoms with van der Waals surface area (Å²) in [7, 11) is 0. The number of fused-ring (bicyclic) bond motifs is 3. The summed E-state index contributed by atoms with van der Waals surface area (Å²) in [6.45, 7) is 7.06. The van der Waals surface area contributed by atoms with Gasteiger partial charge in [-0.2, -0.15) is 13.2 Å². The number of carbonyl (C=O) groups excluding carboxylic acids is 1. The number of nitrogens with zero attached hydrogens (tertiary/aromatic N) is 2. The molecule has 0 radical (unpaired) electrons. The fraction of sp³-hybridized carbons (Fsp3) is 0.429. The van der Waals surface area contributed by atoms with E-state index in [-0.39, 0.29) is 42.2 Å². The van der Waals surface area contributed by atoms with E-state index in [9.17, 15) is 22.8 Å². The molecule has 214 valence electrons. The quantitative estimate of drug-likeness (QED) is 0.364. The van der Waals surface area contributed by atoms with E-state index in [0.29, 0.717) is 31.1 Å². The molecular formula is C28H29F3N2O7. The third-order valence-corrected chi connectivity index (χ3v) is 6.76. The van der Waals surface area contributed by atoms with Crippen LogP contribution in [0.1, 0.15) is 35.0 Å². The topological polar surface area (TPSA) is 90.7 Å². The van der Waals surface area contributed by atoms with E-state index in [1.54, 1.807) is 13.0 Å². The number of carbonyl (C=O) groups is 1. The van der Waals surface area contributed by atoms with Gasteiger partial charge in [0.2, 0.25) is 11.2 Å². The van der Waals surface area contributed by atoms with Gasteiger partial charge in [0.25, 0.3) is 5.76 Å². The highest BCUT2D eigenvalue weighted by atomic mass is 19.4. The van der Waals surface area contributed by atoms with E-state index in [1.165, 1.54) is 30.3 Å². The Balaban J connectivity index is 1.42. The van der Waals surface area contributed by atoms with Crippen molar-refractivity contribution < 1.29 is 41.3 Å². The normalized spacial score (nSPS) is 16.4. The number of hydrogen-bond donors (Lipinski definition) is 0. The van der Waals surface area contributed by atoms with Crippen LogP contribution in [0.3, 0.4) is 0 Å². The van der Waals surface area contributed by atoms with Gasteiger partial charge in [0.15, 0.2) is 0 Å². The molecule has 0 spiro atoms. The third kappa shape index (κ3) is 6.08. The van der Waals surface area contributed by atoms with Crippen LogP contribution < -0.4 is 14.9 Å². The van der Waals surface area contributed by atoms with Gasteiger partial charge >= 0.3 is 12.1 Å². The van der Waals surface area contributed by atoms with Crippen LogP contribution in [-0.4, -0.2) is 68.5 Å². The van der Waals surface area contributed by atoms with E-state index < -0.39 is 29.1 Å². The monoisotopic (exact) mass is 562 g/mol. The summed E-state index contributed by atoms with van der Waals surface area (Å²) in [6, 6.07) is 8.18. The second kappa shape index (κ2) is 11.9. The molecule has 1 fully saturated rings. The van der Waals surface area contributed by atoms with Gasteiger partial charge in [-0.15, -0.1) is 0 Å². The SMILES string of the molecule is CCOC(=O)c1ccc(Oc2c(C(F)(F)F)oc3c4c(ccc3c2=O)OCN(CCCN2CCOCC2)C4)cc1. The molecule has 9 nitrogen and oxygen atoms in total. The first kappa shape index (κ1) is 27.9. The molecule has 0 atom stereocenters. The zero-order chi connectivity index (χ0) is 28.3. The summed E-state index contributed by atoms with van der Waals surface area (Å²) in [5, 5.41) is -0.0522. The lowest BCUT2D eigenvalue weighted by Crippen LogP contribution is -2.39. The Morgan fingerprint density at radius 3 is 2.45 bits per heavy atom. The predicted molar refractivity (Wildman–Crippen MR) is 138 cm³/mol. The summed E-state index contributed by atoms with van der Waals surface area (Å²) in [5.74, 6) is -2.81. The van der Waals surface area contributed by atoms with Crippen molar-refractivity contribution in [1.29, 1.82) is 0 Å². The molecule has 40 heavy (non-hydrogen) atoms. The highest BCUT2D eigenvalue weighted by Crippen LogP contribution is 2.41. The number of ether oxygens (including phenoxy) is 4. The molecule has 1 saturated heterocycles. The first-order chi connectivity index (χ1) is 19.2. The highest BCUT2D eigenvalue weighted by Gasteiger charge is 2.41. The Bertz CT molecular complexity index is 1420. The number of rotatable bonds is 8. The molecule has 0 N–H and O–H groups in total. The molecule has 0 unspecified atom stereocenters. The average Bonchev–Trinajstić information content (AvgIpc) is 2.94. The average molecular weight is 563 g/mol. The van der Waals surface area contributed by atoms with E-state index in [4.69, 9.17) is 23.4 Å². The number of morpholine rings is 1. The highest BCUT2D eigenvalue weighted by molar-refractivity contribution is 5.89. The summed E-state index contributed by atoms with van der Waals surface area (Å²) in [5.41, 5.74) is -0.576.